The van der Waals surface area contributed by atoms with Gasteiger partial charge in [-0.05, 0) is 32.0 Å². The minimum absolute atomic E-state index is 0.0858. The molecule has 2 atom stereocenters. The zero-order valence-corrected chi connectivity index (χ0v) is 12.6. The summed E-state index contributed by atoms with van der Waals surface area (Å²) in [6.45, 7) is 3.89. The zero-order chi connectivity index (χ0) is 14.3. The van der Waals surface area contributed by atoms with Crippen LogP contribution in [0.25, 0.3) is 0 Å². The molecular formula is C13H19BrN2O3. The quantitative estimate of drug-likeness (QED) is 0.746. The molecule has 2 amide bonds. The molecule has 1 aromatic rings. The van der Waals surface area contributed by atoms with Gasteiger partial charge in [-0.2, -0.15) is 0 Å². The Morgan fingerprint density at radius 3 is 2.84 bits per heavy atom. The number of urea groups is 1. The minimum atomic E-state index is -0.314. The lowest BCUT2D eigenvalue weighted by molar-refractivity contribution is 0.200. The fraction of sp³-hybridized carbons (Fsp3) is 0.462. The maximum atomic E-state index is 11.4. The van der Waals surface area contributed by atoms with Crippen molar-refractivity contribution in [2.75, 3.05) is 13.2 Å². The van der Waals surface area contributed by atoms with E-state index in [1.54, 1.807) is 6.92 Å². The van der Waals surface area contributed by atoms with Gasteiger partial charge in [0.1, 0.15) is 11.9 Å². The summed E-state index contributed by atoms with van der Waals surface area (Å²) in [4.78, 5) is 11.4. The number of aliphatic hydroxyl groups is 1. The third-order valence-electron chi connectivity index (χ3n) is 2.33. The van der Waals surface area contributed by atoms with E-state index in [2.05, 4.69) is 26.6 Å². The van der Waals surface area contributed by atoms with Gasteiger partial charge in [0.2, 0.25) is 0 Å². The molecule has 0 saturated heterocycles. The van der Waals surface area contributed by atoms with Crippen LogP contribution in [0.5, 0.6) is 5.75 Å². The van der Waals surface area contributed by atoms with Crippen LogP contribution < -0.4 is 15.4 Å². The summed E-state index contributed by atoms with van der Waals surface area (Å²) in [5.41, 5.74) is 0. The molecule has 0 aromatic heterocycles. The lowest BCUT2D eigenvalue weighted by atomic mass is 10.3. The third kappa shape index (κ3) is 6.45. The average Bonchev–Trinajstić information content (AvgIpc) is 2.36. The molecule has 0 unspecified atom stereocenters. The highest BCUT2D eigenvalue weighted by molar-refractivity contribution is 9.10. The Morgan fingerprint density at radius 2 is 2.21 bits per heavy atom. The predicted octanol–water partition coefficient (Wildman–Crippen LogP) is 1.90. The number of benzene rings is 1. The van der Waals surface area contributed by atoms with Crippen LogP contribution in [0.2, 0.25) is 0 Å². The molecular weight excluding hydrogens is 312 g/mol. The van der Waals surface area contributed by atoms with Crippen molar-refractivity contribution in [2.45, 2.75) is 26.0 Å². The molecule has 0 aliphatic rings. The van der Waals surface area contributed by atoms with E-state index in [0.717, 1.165) is 10.2 Å². The molecule has 1 aromatic carbocycles. The summed E-state index contributed by atoms with van der Waals surface area (Å²) in [6, 6.07) is 6.95. The van der Waals surface area contributed by atoms with Crippen molar-refractivity contribution in [2.24, 2.45) is 0 Å². The number of nitrogens with one attached hydrogen (secondary N) is 2. The fourth-order valence-electron chi connectivity index (χ4n) is 1.37. The molecule has 0 fully saturated rings. The number of amides is 2. The lowest BCUT2D eigenvalue weighted by Crippen LogP contribution is -2.45. The zero-order valence-electron chi connectivity index (χ0n) is 11.0. The van der Waals surface area contributed by atoms with E-state index in [1.807, 2.05) is 31.2 Å². The Bertz CT molecular complexity index is 415. The Kier molecular flexibility index (Phi) is 6.66. The van der Waals surface area contributed by atoms with Gasteiger partial charge in [0, 0.05) is 4.47 Å². The first-order valence-electron chi connectivity index (χ1n) is 6.08. The van der Waals surface area contributed by atoms with E-state index in [1.165, 1.54) is 0 Å². The fourth-order valence-corrected chi connectivity index (χ4v) is 1.75. The van der Waals surface area contributed by atoms with Crippen molar-refractivity contribution >= 4 is 22.0 Å². The Morgan fingerprint density at radius 1 is 1.47 bits per heavy atom. The minimum Gasteiger partial charge on any atom is -0.489 e. The molecule has 1 rings (SSSR count). The number of aliphatic hydroxyl groups excluding tert-OH is 1. The van der Waals surface area contributed by atoms with Gasteiger partial charge in [-0.1, -0.05) is 22.0 Å². The standard InChI is InChI=1S/C13H19BrN2O3/c1-9(8-17)16-13(18)15-7-10(2)19-12-5-3-4-11(14)6-12/h3-6,9-10,17H,7-8H2,1-2H3,(H2,15,16,18)/t9-,10+/m1/s1. The second-order valence-electron chi connectivity index (χ2n) is 4.32. The molecule has 0 aliphatic carbocycles. The SMILES string of the molecule is C[C@H](CO)NC(=O)NC[C@H](C)Oc1cccc(Br)c1. The molecule has 0 bridgehead atoms. The topological polar surface area (TPSA) is 70.6 Å². The molecule has 0 saturated carbocycles. The maximum absolute atomic E-state index is 11.4. The van der Waals surface area contributed by atoms with Crippen molar-refractivity contribution in [1.82, 2.24) is 10.6 Å². The van der Waals surface area contributed by atoms with Gasteiger partial charge in [0.05, 0.1) is 19.2 Å². The van der Waals surface area contributed by atoms with Crippen molar-refractivity contribution < 1.29 is 14.6 Å². The van der Waals surface area contributed by atoms with E-state index in [9.17, 15) is 4.79 Å². The summed E-state index contributed by atoms with van der Waals surface area (Å²) < 4.78 is 6.60. The van der Waals surface area contributed by atoms with Crippen molar-refractivity contribution in [3.05, 3.63) is 28.7 Å². The highest BCUT2D eigenvalue weighted by atomic mass is 79.9. The van der Waals surface area contributed by atoms with Crippen LogP contribution in [0.15, 0.2) is 28.7 Å². The first-order chi connectivity index (χ1) is 9.01. The Hall–Kier alpha value is -1.27. The Balaban J connectivity index is 2.31. The molecule has 5 nitrogen and oxygen atoms in total. The lowest BCUT2D eigenvalue weighted by Gasteiger charge is -2.17. The number of halogens is 1. The van der Waals surface area contributed by atoms with Crippen LogP contribution in [-0.2, 0) is 0 Å². The highest BCUT2D eigenvalue weighted by Crippen LogP contribution is 2.18. The number of rotatable bonds is 6. The van der Waals surface area contributed by atoms with E-state index in [0.29, 0.717) is 6.54 Å². The Labute approximate surface area is 121 Å². The van der Waals surface area contributed by atoms with Gasteiger partial charge in [-0.3, -0.25) is 0 Å². The molecule has 0 spiro atoms. The first-order valence-corrected chi connectivity index (χ1v) is 6.88. The molecule has 19 heavy (non-hydrogen) atoms. The van der Waals surface area contributed by atoms with Crippen LogP contribution in [-0.4, -0.2) is 36.4 Å². The summed E-state index contributed by atoms with van der Waals surface area (Å²) in [5, 5.41) is 14.1. The van der Waals surface area contributed by atoms with Crippen LogP contribution in [0.1, 0.15) is 13.8 Å². The van der Waals surface area contributed by atoms with E-state index >= 15 is 0 Å². The predicted molar refractivity (Wildman–Crippen MR) is 77.3 cm³/mol. The number of hydrogen-bond donors (Lipinski definition) is 3. The molecule has 0 aliphatic heterocycles. The largest absolute Gasteiger partial charge is 0.489 e. The summed E-state index contributed by atoms with van der Waals surface area (Å²) in [6.07, 6.45) is -0.149. The number of ether oxygens (including phenoxy) is 1. The van der Waals surface area contributed by atoms with E-state index in [-0.39, 0.29) is 24.8 Å². The average molecular weight is 331 g/mol. The summed E-state index contributed by atoms with van der Waals surface area (Å²) in [7, 11) is 0. The van der Waals surface area contributed by atoms with Crippen molar-refractivity contribution in [3.8, 4) is 5.75 Å². The molecule has 6 heteroatoms. The van der Waals surface area contributed by atoms with Gasteiger partial charge in [0.15, 0.2) is 0 Å². The van der Waals surface area contributed by atoms with Crippen LogP contribution in [0, 0.1) is 0 Å². The number of hydrogen-bond acceptors (Lipinski definition) is 3. The number of carbonyl (C=O) groups excluding carboxylic acids is 1. The van der Waals surface area contributed by atoms with E-state index in [4.69, 9.17) is 9.84 Å². The van der Waals surface area contributed by atoms with Crippen molar-refractivity contribution in [1.29, 1.82) is 0 Å². The molecule has 0 radical (unpaired) electrons. The highest BCUT2D eigenvalue weighted by Gasteiger charge is 2.09. The van der Waals surface area contributed by atoms with Crippen LogP contribution >= 0.6 is 15.9 Å². The van der Waals surface area contributed by atoms with Gasteiger partial charge in [-0.25, -0.2) is 4.79 Å². The normalized spacial score (nSPS) is 13.5. The van der Waals surface area contributed by atoms with Gasteiger partial charge < -0.3 is 20.5 Å². The number of carbonyl (C=O) groups is 1. The second-order valence-corrected chi connectivity index (χ2v) is 5.24. The van der Waals surface area contributed by atoms with Gasteiger partial charge >= 0.3 is 6.03 Å². The first kappa shape index (κ1) is 15.8. The summed E-state index contributed by atoms with van der Waals surface area (Å²) >= 11 is 3.37. The molecule has 0 heterocycles. The van der Waals surface area contributed by atoms with Gasteiger partial charge in [-0.15, -0.1) is 0 Å². The van der Waals surface area contributed by atoms with Crippen LogP contribution in [0.3, 0.4) is 0 Å². The van der Waals surface area contributed by atoms with Gasteiger partial charge in [0.25, 0.3) is 0 Å². The second kappa shape index (κ2) is 8.01. The monoisotopic (exact) mass is 330 g/mol. The molecule has 106 valence electrons. The maximum Gasteiger partial charge on any atom is 0.315 e. The smallest absolute Gasteiger partial charge is 0.315 e. The van der Waals surface area contributed by atoms with Crippen molar-refractivity contribution in [3.63, 3.8) is 0 Å². The molecule has 3 N–H and O–H groups in total. The van der Waals surface area contributed by atoms with E-state index < -0.39 is 0 Å². The third-order valence-corrected chi connectivity index (χ3v) is 2.83. The summed E-state index contributed by atoms with van der Waals surface area (Å²) in [5.74, 6) is 0.743. The van der Waals surface area contributed by atoms with Crippen LogP contribution in [0.4, 0.5) is 4.79 Å².